The highest BCUT2D eigenvalue weighted by Crippen LogP contribution is 2.27. The van der Waals surface area contributed by atoms with Crippen LogP contribution in [-0.2, 0) is 6.54 Å². The number of carboxylic acids is 1. The van der Waals surface area contributed by atoms with Crippen LogP contribution in [0, 0.1) is 5.82 Å². The second kappa shape index (κ2) is 6.13. The SMILES string of the molecule is COc1cc(CNc2cc(C(=O)O)ccc2F)ccc1O. The van der Waals surface area contributed by atoms with Gasteiger partial charge >= 0.3 is 5.97 Å². The van der Waals surface area contributed by atoms with E-state index in [2.05, 4.69) is 5.32 Å². The Kier molecular flexibility index (Phi) is 4.27. The Bertz CT molecular complexity index is 673. The summed E-state index contributed by atoms with van der Waals surface area (Å²) < 4.78 is 18.6. The molecule has 0 aliphatic rings. The van der Waals surface area contributed by atoms with Gasteiger partial charge in [0.2, 0.25) is 0 Å². The van der Waals surface area contributed by atoms with Gasteiger partial charge in [0.05, 0.1) is 18.4 Å². The normalized spacial score (nSPS) is 10.2. The van der Waals surface area contributed by atoms with E-state index in [0.29, 0.717) is 5.75 Å². The molecule has 0 amide bonds. The number of aromatic hydroxyl groups is 1. The van der Waals surface area contributed by atoms with Gasteiger partial charge in [0.15, 0.2) is 11.5 Å². The van der Waals surface area contributed by atoms with Gasteiger partial charge in [-0.1, -0.05) is 6.07 Å². The van der Waals surface area contributed by atoms with E-state index < -0.39 is 11.8 Å². The van der Waals surface area contributed by atoms with E-state index in [9.17, 15) is 14.3 Å². The number of phenols is 1. The van der Waals surface area contributed by atoms with Crippen molar-refractivity contribution in [2.75, 3.05) is 12.4 Å². The number of carbonyl (C=O) groups is 1. The van der Waals surface area contributed by atoms with Crippen LogP contribution in [0.25, 0.3) is 0 Å². The highest BCUT2D eigenvalue weighted by Gasteiger charge is 2.09. The number of halogens is 1. The van der Waals surface area contributed by atoms with Gasteiger partial charge in [-0.25, -0.2) is 9.18 Å². The van der Waals surface area contributed by atoms with Crippen LogP contribution in [0.5, 0.6) is 11.5 Å². The summed E-state index contributed by atoms with van der Waals surface area (Å²) in [4.78, 5) is 10.9. The molecule has 0 saturated carbocycles. The molecule has 0 aliphatic heterocycles. The van der Waals surface area contributed by atoms with Gasteiger partial charge in [0, 0.05) is 6.54 Å². The molecule has 2 rings (SSSR count). The van der Waals surface area contributed by atoms with Crippen molar-refractivity contribution in [1.29, 1.82) is 0 Å². The molecule has 0 aliphatic carbocycles. The molecule has 0 bridgehead atoms. The smallest absolute Gasteiger partial charge is 0.335 e. The highest BCUT2D eigenvalue weighted by molar-refractivity contribution is 5.88. The molecule has 0 saturated heterocycles. The number of phenolic OH excluding ortho intramolecular Hbond substituents is 1. The molecule has 2 aromatic carbocycles. The Morgan fingerprint density at radius 3 is 2.71 bits per heavy atom. The Hall–Kier alpha value is -2.76. The second-order valence-corrected chi connectivity index (χ2v) is 4.36. The fourth-order valence-electron chi connectivity index (χ4n) is 1.82. The molecule has 0 spiro atoms. The average molecular weight is 291 g/mol. The summed E-state index contributed by atoms with van der Waals surface area (Å²) in [5.41, 5.74) is 0.855. The first-order valence-electron chi connectivity index (χ1n) is 6.14. The number of hydrogen-bond donors (Lipinski definition) is 3. The Labute approximate surface area is 120 Å². The minimum Gasteiger partial charge on any atom is -0.504 e. The van der Waals surface area contributed by atoms with Crippen molar-refractivity contribution in [2.24, 2.45) is 0 Å². The van der Waals surface area contributed by atoms with Crippen molar-refractivity contribution in [1.82, 2.24) is 0 Å². The Morgan fingerprint density at radius 1 is 1.29 bits per heavy atom. The molecular formula is C15H14FNO4. The summed E-state index contributed by atoms with van der Waals surface area (Å²) in [6.45, 7) is 0.261. The highest BCUT2D eigenvalue weighted by atomic mass is 19.1. The minimum absolute atomic E-state index is 0.00202. The zero-order chi connectivity index (χ0) is 15.4. The van der Waals surface area contributed by atoms with E-state index in [0.717, 1.165) is 11.6 Å². The quantitative estimate of drug-likeness (QED) is 0.789. The maximum absolute atomic E-state index is 13.6. The molecule has 21 heavy (non-hydrogen) atoms. The number of ether oxygens (including phenoxy) is 1. The summed E-state index contributed by atoms with van der Waals surface area (Å²) in [5.74, 6) is -1.33. The van der Waals surface area contributed by atoms with Crippen LogP contribution in [0.3, 0.4) is 0 Å². The molecule has 0 unspecified atom stereocenters. The maximum Gasteiger partial charge on any atom is 0.335 e. The molecule has 6 heteroatoms. The van der Waals surface area contributed by atoms with Gasteiger partial charge < -0.3 is 20.3 Å². The summed E-state index contributed by atoms with van der Waals surface area (Å²) in [6, 6.07) is 8.27. The zero-order valence-corrected chi connectivity index (χ0v) is 11.3. The van der Waals surface area contributed by atoms with Crippen LogP contribution in [0.4, 0.5) is 10.1 Å². The molecule has 3 N–H and O–H groups in total. The largest absolute Gasteiger partial charge is 0.504 e. The van der Waals surface area contributed by atoms with Crippen LogP contribution in [0.15, 0.2) is 36.4 Å². The molecule has 0 heterocycles. The molecule has 0 atom stereocenters. The summed E-state index contributed by atoms with van der Waals surface area (Å²) in [5, 5.41) is 21.2. The van der Waals surface area contributed by atoms with E-state index in [1.165, 1.54) is 25.3 Å². The first-order valence-corrected chi connectivity index (χ1v) is 6.14. The van der Waals surface area contributed by atoms with Crippen molar-refractivity contribution in [2.45, 2.75) is 6.54 Å². The van der Waals surface area contributed by atoms with Crippen LogP contribution in [0.2, 0.25) is 0 Å². The molecule has 110 valence electrons. The molecule has 2 aromatic rings. The predicted molar refractivity (Wildman–Crippen MR) is 75.3 cm³/mol. The molecule has 0 aromatic heterocycles. The van der Waals surface area contributed by atoms with Gasteiger partial charge in [-0.15, -0.1) is 0 Å². The van der Waals surface area contributed by atoms with Gasteiger partial charge in [-0.2, -0.15) is 0 Å². The van der Waals surface area contributed by atoms with Gasteiger partial charge in [0.25, 0.3) is 0 Å². The van der Waals surface area contributed by atoms with Crippen LogP contribution in [0.1, 0.15) is 15.9 Å². The summed E-state index contributed by atoms with van der Waals surface area (Å²) >= 11 is 0. The van der Waals surface area contributed by atoms with Crippen molar-refractivity contribution >= 4 is 11.7 Å². The van der Waals surface area contributed by atoms with E-state index in [1.54, 1.807) is 12.1 Å². The number of nitrogens with one attached hydrogen (secondary N) is 1. The molecule has 0 radical (unpaired) electrons. The number of methoxy groups -OCH3 is 1. The van der Waals surface area contributed by atoms with Crippen LogP contribution >= 0.6 is 0 Å². The molecule has 0 fully saturated rings. The monoisotopic (exact) mass is 291 g/mol. The van der Waals surface area contributed by atoms with E-state index >= 15 is 0 Å². The molecule has 5 nitrogen and oxygen atoms in total. The number of carboxylic acid groups (broad SMARTS) is 1. The van der Waals surface area contributed by atoms with Gasteiger partial charge in [-0.05, 0) is 35.9 Å². The van der Waals surface area contributed by atoms with Crippen molar-refractivity contribution < 1.29 is 24.1 Å². The van der Waals surface area contributed by atoms with E-state index in [4.69, 9.17) is 9.84 Å². The third-order valence-electron chi connectivity index (χ3n) is 2.94. The Balaban J connectivity index is 2.16. The van der Waals surface area contributed by atoms with E-state index in [-0.39, 0.29) is 23.5 Å². The second-order valence-electron chi connectivity index (χ2n) is 4.36. The third kappa shape index (κ3) is 3.42. The standard InChI is InChI=1S/C15H14FNO4/c1-21-14-6-9(2-5-13(14)18)8-17-12-7-10(15(19)20)3-4-11(12)16/h2-7,17-18H,8H2,1H3,(H,19,20). The van der Waals surface area contributed by atoms with Crippen LogP contribution in [-0.4, -0.2) is 23.3 Å². The predicted octanol–water partition coefficient (Wildman–Crippen LogP) is 2.85. The minimum atomic E-state index is -1.12. The number of benzene rings is 2. The fourth-order valence-corrected chi connectivity index (χ4v) is 1.82. The van der Waals surface area contributed by atoms with Crippen molar-refractivity contribution in [3.8, 4) is 11.5 Å². The lowest BCUT2D eigenvalue weighted by Gasteiger charge is -2.10. The lowest BCUT2D eigenvalue weighted by Crippen LogP contribution is -2.04. The van der Waals surface area contributed by atoms with Crippen molar-refractivity contribution in [3.63, 3.8) is 0 Å². The number of hydrogen-bond acceptors (Lipinski definition) is 4. The first-order chi connectivity index (χ1) is 10.0. The van der Waals surface area contributed by atoms with Gasteiger partial charge in [-0.3, -0.25) is 0 Å². The lowest BCUT2D eigenvalue weighted by atomic mass is 10.1. The van der Waals surface area contributed by atoms with E-state index in [1.807, 2.05) is 0 Å². The summed E-state index contributed by atoms with van der Waals surface area (Å²) in [7, 11) is 1.43. The topological polar surface area (TPSA) is 78.8 Å². The summed E-state index contributed by atoms with van der Waals surface area (Å²) in [6.07, 6.45) is 0. The number of rotatable bonds is 5. The maximum atomic E-state index is 13.6. The molecular weight excluding hydrogens is 277 g/mol. The van der Waals surface area contributed by atoms with Crippen molar-refractivity contribution in [3.05, 3.63) is 53.3 Å². The Morgan fingerprint density at radius 2 is 2.05 bits per heavy atom. The van der Waals surface area contributed by atoms with Gasteiger partial charge in [0.1, 0.15) is 5.82 Å². The number of anilines is 1. The zero-order valence-electron chi connectivity index (χ0n) is 11.3. The lowest BCUT2D eigenvalue weighted by molar-refractivity contribution is 0.0697. The van der Waals surface area contributed by atoms with Crippen LogP contribution < -0.4 is 10.1 Å². The number of aromatic carboxylic acids is 1. The first kappa shape index (κ1) is 14.6. The average Bonchev–Trinajstić information content (AvgIpc) is 2.47. The third-order valence-corrected chi connectivity index (χ3v) is 2.94. The fraction of sp³-hybridized carbons (Fsp3) is 0.133.